The molecule has 1 aromatic heterocycles. The van der Waals surface area contributed by atoms with Crippen LogP contribution in [0, 0.1) is 6.92 Å². The number of rotatable bonds is 4. The van der Waals surface area contributed by atoms with Crippen LogP contribution in [-0.4, -0.2) is 16.6 Å². The predicted molar refractivity (Wildman–Crippen MR) is 86.5 cm³/mol. The van der Waals surface area contributed by atoms with Crippen LogP contribution in [0.15, 0.2) is 61.1 Å². The highest BCUT2D eigenvalue weighted by Crippen LogP contribution is 2.23. The van der Waals surface area contributed by atoms with Crippen molar-refractivity contribution in [3.8, 4) is 16.9 Å². The summed E-state index contributed by atoms with van der Waals surface area (Å²) in [6, 6.07) is 17.0. The lowest BCUT2D eigenvalue weighted by atomic mass is 10.1. The molecule has 0 unspecified atom stereocenters. The van der Waals surface area contributed by atoms with Crippen molar-refractivity contribution in [3.05, 3.63) is 72.2 Å². The molecule has 0 bridgehead atoms. The van der Waals surface area contributed by atoms with Crippen molar-refractivity contribution in [1.82, 2.24) is 14.9 Å². The van der Waals surface area contributed by atoms with E-state index in [1.54, 1.807) is 0 Å². The van der Waals surface area contributed by atoms with Crippen LogP contribution in [0.3, 0.4) is 0 Å². The molecular weight excluding hydrogens is 258 g/mol. The van der Waals surface area contributed by atoms with E-state index in [-0.39, 0.29) is 0 Å². The van der Waals surface area contributed by atoms with Crippen molar-refractivity contribution in [2.24, 2.45) is 0 Å². The third-order valence-corrected chi connectivity index (χ3v) is 3.56. The number of hydrogen-bond donors (Lipinski definition) is 1. The Morgan fingerprint density at radius 2 is 1.90 bits per heavy atom. The summed E-state index contributed by atoms with van der Waals surface area (Å²) in [5, 5.41) is 3.18. The molecule has 3 aromatic rings. The summed E-state index contributed by atoms with van der Waals surface area (Å²) < 4.78 is 2.13. The lowest BCUT2D eigenvalue weighted by Gasteiger charge is -2.10. The van der Waals surface area contributed by atoms with Crippen molar-refractivity contribution < 1.29 is 0 Å². The van der Waals surface area contributed by atoms with Crippen LogP contribution in [0.4, 0.5) is 0 Å². The third-order valence-electron chi connectivity index (χ3n) is 3.56. The minimum absolute atomic E-state index is 0.863. The summed E-state index contributed by atoms with van der Waals surface area (Å²) in [5.74, 6) is 0. The molecule has 0 spiro atoms. The van der Waals surface area contributed by atoms with Gasteiger partial charge in [-0.15, -0.1) is 0 Å². The van der Waals surface area contributed by atoms with E-state index in [4.69, 9.17) is 0 Å². The Balaban J connectivity index is 2.02. The molecular formula is C18H19N3. The molecule has 0 aliphatic carbocycles. The Labute approximate surface area is 125 Å². The number of benzene rings is 2. The number of aromatic nitrogens is 2. The largest absolute Gasteiger partial charge is 0.316 e. The van der Waals surface area contributed by atoms with Crippen LogP contribution in [0.5, 0.6) is 0 Å². The van der Waals surface area contributed by atoms with Gasteiger partial charge < -0.3 is 5.32 Å². The van der Waals surface area contributed by atoms with E-state index in [0.29, 0.717) is 0 Å². The fourth-order valence-electron chi connectivity index (χ4n) is 2.46. The van der Waals surface area contributed by atoms with Crippen LogP contribution < -0.4 is 5.32 Å². The van der Waals surface area contributed by atoms with E-state index < -0.39 is 0 Å². The van der Waals surface area contributed by atoms with Gasteiger partial charge in [0.05, 0.1) is 18.2 Å². The lowest BCUT2D eigenvalue weighted by Crippen LogP contribution is -2.05. The minimum atomic E-state index is 0.863. The van der Waals surface area contributed by atoms with E-state index >= 15 is 0 Å². The third kappa shape index (κ3) is 2.88. The second-order valence-corrected chi connectivity index (χ2v) is 5.22. The Kier molecular flexibility index (Phi) is 3.84. The van der Waals surface area contributed by atoms with Gasteiger partial charge in [-0.1, -0.05) is 42.0 Å². The van der Waals surface area contributed by atoms with Gasteiger partial charge in [-0.25, -0.2) is 4.98 Å². The SMILES string of the molecule is CNCc1cccc(-n2cncc2-c2ccc(C)cc2)c1. The first-order chi connectivity index (χ1) is 10.3. The number of nitrogens with one attached hydrogen (secondary N) is 1. The first-order valence-corrected chi connectivity index (χ1v) is 7.11. The molecule has 0 amide bonds. The van der Waals surface area contributed by atoms with E-state index in [0.717, 1.165) is 17.9 Å². The van der Waals surface area contributed by atoms with Crippen LogP contribution in [-0.2, 0) is 6.54 Å². The van der Waals surface area contributed by atoms with Gasteiger partial charge in [0.25, 0.3) is 0 Å². The van der Waals surface area contributed by atoms with Gasteiger partial charge in [0, 0.05) is 17.8 Å². The first kappa shape index (κ1) is 13.6. The predicted octanol–water partition coefficient (Wildman–Crippen LogP) is 3.57. The van der Waals surface area contributed by atoms with E-state index in [1.165, 1.54) is 16.7 Å². The van der Waals surface area contributed by atoms with Crippen LogP contribution in [0.2, 0.25) is 0 Å². The molecule has 106 valence electrons. The maximum Gasteiger partial charge on any atom is 0.0997 e. The van der Waals surface area contributed by atoms with E-state index in [2.05, 4.69) is 70.3 Å². The summed E-state index contributed by atoms with van der Waals surface area (Å²) in [6.45, 7) is 2.96. The van der Waals surface area contributed by atoms with Crippen molar-refractivity contribution in [3.63, 3.8) is 0 Å². The van der Waals surface area contributed by atoms with E-state index in [9.17, 15) is 0 Å². The Bertz CT molecular complexity index is 726. The fourth-order valence-corrected chi connectivity index (χ4v) is 2.46. The maximum atomic E-state index is 4.32. The zero-order valence-corrected chi connectivity index (χ0v) is 12.4. The number of nitrogens with zero attached hydrogens (tertiary/aromatic N) is 2. The van der Waals surface area contributed by atoms with Gasteiger partial charge in [-0.05, 0) is 31.7 Å². The molecule has 21 heavy (non-hydrogen) atoms. The molecule has 0 saturated carbocycles. The molecule has 0 aliphatic heterocycles. The molecule has 3 rings (SSSR count). The Hall–Kier alpha value is -2.39. The summed E-state index contributed by atoms with van der Waals surface area (Å²) in [6.07, 6.45) is 3.78. The van der Waals surface area contributed by atoms with Crippen LogP contribution in [0.1, 0.15) is 11.1 Å². The zero-order valence-electron chi connectivity index (χ0n) is 12.4. The van der Waals surface area contributed by atoms with Crippen molar-refractivity contribution in [2.45, 2.75) is 13.5 Å². The number of imidazole rings is 1. The van der Waals surface area contributed by atoms with Gasteiger partial charge in [0.15, 0.2) is 0 Å². The monoisotopic (exact) mass is 277 g/mol. The molecule has 1 N–H and O–H groups in total. The van der Waals surface area contributed by atoms with Gasteiger partial charge >= 0.3 is 0 Å². The van der Waals surface area contributed by atoms with E-state index in [1.807, 2.05) is 19.6 Å². The second-order valence-electron chi connectivity index (χ2n) is 5.22. The molecule has 3 nitrogen and oxygen atoms in total. The molecule has 3 heteroatoms. The quantitative estimate of drug-likeness (QED) is 0.790. The van der Waals surface area contributed by atoms with Crippen molar-refractivity contribution in [1.29, 1.82) is 0 Å². The van der Waals surface area contributed by atoms with Gasteiger partial charge in [-0.3, -0.25) is 4.57 Å². The zero-order chi connectivity index (χ0) is 14.7. The van der Waals surface area contributed by atoms with Crippen LogP contribution >= 0.6 is 0 Å². The van der Waals surface area contributed by atoms with Gasteiger partial charge in [-0.2, -0.15) is 0 Å². The highest BCUT2D eigenvalue weighted by Gasteiger charge is 2.07. The molecule has 0 fully saturated rings. The average molecular weight is 277 g/mol. The van der Waals surface area contributed by atoms with Crippen molar-refractivity contribution >= 4 is 0 Å². The molecule has 0 atom stereocenters. The summed E-state index contributed by atoms with van der Waals surface area (Å²) in [5.41, 5.74) is 5.95. The number of aryl methyl sites for hydroxylation is 1. The van der Waals surface area contributed by atoms with Crippen LogP contribution in [0.25, 0.3) is 16.9 Å². The Morgan fingerprint density at radius 3 is 2.67 bits per heavy atom. The molecule has 0 saturated heterocycles. The maximum absolute atomic E-state index is 4.32. The lowest BCUT2D eigenvalue weighted by molar-refractivity contribution is 0.816. The minimum Gasteiger partial charge on any atom is -0.316 e. The van der Waals surface area contributed by atoms with Gasteiger partial charge in [0.1, 0.15) is 0 Å². The number of hydrogen-bond acceptors (Lipinski definition) is 2. The fraction of sp³-hybridized carbons (Fsp3) is 0.167. The summed E-state index contributed by atoms with van der Waals surface area (Å²) >= 11 is 0. The smallest absolute Gasteiger partial charge is 0.0997 e. The standard InChI is InChI=1S/C18H19N3/c1-14-6-8-16(9-7-14)18-12-20-13-21(18)17-5-3-4-15(10-17)11-19-2/h3-10,12-13,19H,11H2,1-2H3. The molecule has 0 radical (unpaired) electrons. The molecule has 0 aliphatic rings. The molecule has 2 aromatic carbocycles. The second kappa shape index (κ2) is 5.94. The normalized spacial score (nSPS) is 10.8. The van der Waals surface area contributed by atoms with Gasteiger partial charge in [0.2, 0.25) is 0 Å². The summed E-state index contributed by atoms with van der Waals surface area (Å²) in [4.78, 5) is 4.32. The highest BCUT2D eigenvalue weighted by atomic mass is 15.0. The highest BCUT2D eigenvalue weighted by molar-refractivity contribution is 5.62. The molecule has 1 heterocycles. The topological polar surface area (TPSA) is 29.9 Å². The Morgan fingerprint density at radius 1 is 1.10 bits per heavy atom. The summed E-state index contributed by atoms with van der Waals surface area (Å²) in [7, 11) is 1.96. The first-order valence-electron chi connectivity index (χ1n) is 7.11. The average Bonchev–Trinajstić information content (AvgIpc) is 2.98. The van der Waals surface area contributed by atoms with Crippen molar-refractivity contribution in [2.75, 3.05) is 7.05 Å².